The number of ether oxygens (including phenoxy) is 2. The summed E-state index contributed by atoms with van der Waals surface area (Å²) in [6.45, 7) is 11.6. The van der Waals surface area contributed by atoms with E-state index in [1.807, 2.05) is 54.6 Å². The standard InChI is InChI=1S/C31H40O4Si/c1-30(2,3)36(4,5)35-27-21-28(34-29(32)22-27)23-33-31(24-15-9-6-10-16-24,25-17-11-7-12-18-25)26-19-13-8-14-20-26/h6-20,27-29,32H,21-23H2,1-5H3/t27-,28+,29+/m1/s1. The first kappa shape index (κ1) is 26.8. The molecule has 1 fully saturated rings. The SMILES string of the molecule is CC(C)(C)[Si](C)(C)O[C@@H]1C[C@@H](COC(c2ccccc2)(c2ccccc2)c2ccccc2)O[C@H](O)C1. The number of hydrogen-bond donors (Lipinski definition) is 1. The van der Waals surface area contributed by atoms with E-state index in [2.05, 4.69) is 70.3 Å². The van der Waals surface area contributed by atoms with Gasteiger partial charge >= 0.3 is 0 Å². The molecule has 4 rings (SSSR count). The molecule has 1 aliphatic rings. The molecule has 3 atom stereocenters. The van der Waals surface area contributed by atoms with Crippen molar-refractivity contribution < 1.29 is 19.0 Å². The number of rotatable bonds is 8. The molecule has 4 nitrogen and oxygen atoms in total. The quantitative estimate of drug-likeness (QED) is 0.268. The average molecular weight is 505 g/mol. The molecule has 0 radical (unpaired) electrons. The van der Waals surface area contributed by atoms with E-state index in [9.17, 15) is 5.11 Å². The largest absolute Gasteiger partial charge is 0.414 e. The first-order valence-electron chi connectivity index (χ1n) is 12.9. The van der Waals surface area contributed by atoms with Crippen LogP contribution in [0, 0.1) is 0 Å². The second kappa shape index (κ2) is 11.0. The molecule has 3 aromatic carbocycles. The van der Waals surface area contributed by atoms with E-state index in [1.165, 1.54) is 0 Å². The molecule has 0 aromatic heterocycles. The van der Waals surface area contributed by atoms with Gasteiger partial charge in [-0.05, 0) is 34.8 Å². The van der Waals surface area contributed by atoms with E-state index < -0.39 is 20.2 Å². The van der Waals surface area contributed by atoms with Crippen LogP contribution in [0.3, 0.4) is 0 Å². The van der Waals surface area contributed by atoms with E-state index in [4.69, 9.17) is 13.9 Å². The molecule has 1 N–H and O–H groups in total. The number of aliphatic hydroxyl groups is 1. The fourth-order valence-electron chi connectivity index (χ4n) is 4.73. The van der Waals surface area contributed by atoms with Crippen molar-refractivity contribution in [2.75, 3.05) is 6.61 Å². The normalized spacial score (nSPS) is 21.3. The Balaban J connectivity index is 1.65. The zero-order valence-corrected chi connectivity index (χ0v) is 23.2. The molecule has 3 aromatic rings. The maximum atomic E-state index is 10.6. The molecular weight excluding hydrogens is 464 g/mol. The highest BCUT2D eigenvalue weighted by molar-refractivity contribution is 6.74. The summed E-state index contributed by atoms with van der Waals surface area (Å²) in [7, 11) is -1.98. The second-order valence-corrected chi connectivity index (χ2v) is 16.0. The Morgan fingerprint density at radius 2 is 1.22 bits per heavy atom. The topological polar surface area (TPSA) is 47.9 Å². The highest BCUT2D eigenvalue weighted by Crippen LogP contribution is 2.42. The third-order valence-corrected chi connectivity index (χ3v) is 12.2. The Morgan fingerprint density at radius 1 is 0.778 bits per heavy atom. The van der Waals surface area contributed by atoms with Gasteiger partial charge in [0.15, 0.2) is 14.6 Å². The summed E-state index contributed by atoms with van der Waals surface area (Å²) in [5, 5.41) is 10.7. The van der Waals surface area contributed by atoms with Gasteiger partial charge in [0.1, 0.15) is 5.60 Å². The van der Waals surface area contributed by atoms with Crippen molar-refractivity contribution in [1.82, 2.24) is 0 Å². The zero-order valence-electron chi connectivity index (χ0n) is 22.2. The van der Waals surface area contributed by atoms with Crippen LogP contribution >= 0.6 is 0 Å². The molecule has 5 heteroatoms. The third-order valence-electron chi connectivity index (χ3n) is 7.63. The molecule has 1 saturated heterocycles. The molecule has 36 heavy (non-hydrogen) atoms. The summed E-state index contributed by atoms with van der Waals surface area (Å²) < 4.78 is 19.6. The van der Waals surface area contributed by atoms with Crippen LogP contribution in [-0.4, -0.2) is 38.5 Å². The number of hydrogen-bond acceptors (Lipinski definition) is 4. The van der Waals surface area contributed by atoms with Crippen molar-refractivity contribution in [3.05, 3.63) is 108 Å². The predicted molar refractivity (Wildman–Crippen MR) is 147 cm³/mol. The smallest absolute Gasteiger partial charge is 0.192 e. The highest BCUT2D eigenvalue weighted by atomic mass is 28.4. The molecule has 0 unspecified atom stereocenters. The minimum atomic E-state index is -1.98. The summed E-state index contributed by atoms with van der Waals surface area (Å²) in [6, 6.07) is 31.0. The summed E-state index contributed by atoms with van der Waals surface area (Å²) in [5.41, 5.74) is 2.33. The molecule has 0 saturated carbocycles. The lowest BCUT2D eigenvalue weighted by atomic mass is 9.80. The molecule has 0 amide bonds. The molecule has 1 aliphatic heterocycles. The van der Waals surface area contributed by atoms with Gasteiger partial charge < -0.3 is 19.0 Å². The lowest BCUT2D eigenvalue weighted by Gasteiger charge is -2.43. The van der Waals surface area contributed by atoms with Crippen molar-refractivity contribution in [3.8, 4) is 0 Å². The van der Waals surface area contributed by atoms with E-state index in [-0.39, 0.29) is 17.2 Å². The van der Waals surface area contributed by atoms with Crippen molar-refractivity contribution in [2.24, 2.45) is 0 Å². The Labute approximate surface area is 217 Å². The summed E-state index contributed by atoms with van der Waals surface area (Å²) in [6.07, 6.45) is -0.00840. The van der Waals surface area contributed by atoms with E-state index >= 15 is 0 Å². The molecule has 192 valence electrons. The van der Waals surface area contributed by atoms with Crippen LogP contribution in [0.1, 0.15) is 50.3 Å². The van der Waals surface area contributed by atoms with Crippen LogP contribution in [0.25, 0.3) is 0 Å². The van der Waals surface area contributed by atoms with Gasteiger partial charge in [-0.3, -0.25) is 0 Å². The number of benzene rings is 3. The molecule has 1 heterocycles. The van der Waals surface area contributed by atoms with Crippen molar-refractivity contribution in [1.29, 1.82) is 0 Å². The van der Waals surface area contributed by atoms with Gasteiger partial charge in [-0.25, -0.2) is 0 Å². The highest BCUT2D eigenvalue weighted by Gasteiger charge is 2.43. The molecule has 0 bridgehead atoms. The van der Waals surface area contributed by atoms with Gasteiger partial charge in [0.2, 0.25) is 0 Å². The third kappa shape index (κ3) is 5.82. The van der Waals surface area contributed by atoms with Crippen LogP contribution < -0.4 is 0 Å². The molecule has 0 aliphatic carbocycles. The lowest BCUT2D eigenvalue weighted by Crippen LogP contribution is -2.49. The van der Waals surface area contributed by atoms with Crippen LogP contribution in [0.4, 0.5) is 0 Å². The first-order valence-corrected chi connectivity index (χ1v) is 15.8. The van der Waals surface area contributed by atoms with Gasteiger partial charge in [-0.2, -0.15) is 0 Å². The van der Waals surface area contributed by atoms with Gasteiger partial charge in [-0.1, -0.05) is 112 Å². The average Bonchev–Trinajstić information content (AvgIpc) is 2.85. The Hall–Kier alpha value is -2.28. The summed E-state index contributed by atoms with van der Waals surface area (Å²) in [4.78, 5) is 0. The van der Waals surface area contributed by atoms with Crippen LogP contribution in [0.2, 0.25) is 18.1 Å². The Kier molecular flexibility index (Phi) is 8.17. The maximum absolute atomic E-state index is 10.6. The monoisotopic (exact) mass is 504 g/mol. The minimum absolute atomic E-state index is 0.0529. The van der Waals surface area contributed by atoms with Crippen molar-refractivity contribution in [2.45, 2.75) is 75.8 Å². The second-order valence-electron chi connectivity index (χ2n) is 11.3. The van der Waals surface area contributed by atoms with Gasteiger partial charge in [0, 0.05) is 12.8 Å². The van der Waals surface area contributed by atoms with Crippen LogP contribution in [0.5, 0.6) is 0 Å². The van der Waals surface area contributed by atoms with E-state index in [0.717, 1.165) is 16.7 Å². The molecule has 0 spiro atoms. The van der Waals surface area contributed by atoms with E-state index in [0.29, 0.717) is 19.4 Å². The maximum Gasteiger partial charge on any atom is 0.192 e. The van der Waals surface area contributed by atoms with Gasteiger partial charge in [-0.15, -0.1) is 0 Å². The predicted octanol–water partition coefficient (Wildman–Crippen LogP) is 6.88. The first-order chi connectivity index (χ1) is 17.1. The van der Waals surface area contributed by atoms with Crippen LogP contribution in [-0.2, 0) is 19.5 Å². The number of aliphatic hydroxyl groups excluding tert-OH is 1. The molecular formula is C31H40O4Si. The zero-order chi connectivity index (χ0) is 25.8. The summed E-state index contributed by atoms with van der Waals surface area (Å²) in [5.74, 6) is 0. The lowest BCUT2D eigenvalue weighted by molar-refractivity contribution is -0.206. The minimum Gasteiger partial charge on any atom is -0.414 e. The fraction of sp³-hybridized carbons (Fsp3) is 0.419. The Bertz CT molecular complexity index is 983. The van der Waals surface area contributed by atoms with E-state index in [1.54, 1.807) is 0 Å². The van der Waals surface area contributed by atoms with Gasteiger partial charge in [0.05, 0.1) is 18.8 Å². The van der Waals surface area contributed by atoms with Crippen molar-refractivity contribution in [3.63, 3.8) is 0 Å². The van der Waals surface area contributed by atoms with Crippen LogP contribution in [0.15, 0.2) is 91.0 Å². The van der Waals surface area contributed by atoms with Gasteiger partial charge in [0.25, 0.3) is 0 Å². The fourth-order valence-corrected chi connectivity index (χ4v) is 6.11. The Morgan fingerprint density at radius 3 is 1.64 bits per heavy atom. The van der Waals surface area contributed by atoms with Crippen molar-refractivity contribution >= 4 is 8.32 Å². The summed E-state index contributed by atoms with van der Waals surface area (Å²) >= 11 is 0.